The van der Waals surface area contributed by atoms with Gasteiger partial charge in [0.2, 0.25) is 0 Å². The Labute approximate surface area is 105 Å². The van der Waals surface area contributed by atoms with Gasteiger partial charge in [0.1, 0.15) is 0 Å². The van der Waals surface area contributed by atoms with E-state index in [9.17, 15) is 4.79 Å². The number of rotatable bonds is 7. The van der Waals surface area contributed by atoms with E-state index in [0.717, 1.165) is 4.90 Å². The van der Waals surface area contributed by atoms with Gasteiger partial charge in [0.05, 0.1) is 19.8 Å². The number of carbonyl (C=O) groups excluding carboxylic acids is 1. The highest BCUT2D eigenvalue weighted by atomic mass is 32.2. The van der Waals surface area contributed by atoms with Gasteiger partial charge >= 0.3 is 0 Å². The van der Waals surface area contributed by atoms with Gasteiger partial charge in [-0.1, -0.05) is 0 Å². The second kappa shape index (κ2) is 8.11. The predicted molar refractivity (Wildman–Crippen MR) is 68.5 cm³/mol. The molecule has 1 aromatic rings. The summed E-state index contributed by atoms with van der Waals surface area (Å²) in [4.78, 5) is 12.8. The highest BCUT2D eigenvalue weighted by molar-refractivity contribution is 7.98. The van der Waals surface area contributed by atoms with Gasteiger partial charge in [-0.2, -0.15) is 0 Å². The Hall–Kier alpha value is -1.04. The zero-order chi connectivity index (χ0) is 12.5. The fraction of sp³-hybridized carbons (Fsp3) is 0.417. The van der Waals surface area contributed by atoms with Crippen LogP contribution in [0.3, 0.4) is 0 Å². The molecule has 1 aromatic carbocycles. The van der Waals surface area contributed by atoms with Crippen LogP contribution < -0.4 is 5.32 Å². The third-order valence-electron chi connectivity index (χ3n) is 2.12. The lowest BCUT2D eigenvalue weighted by molar-refractivity contribution is 0.0838. The van der Waals surface area contributed by atoms with Gasteiger partial charge in [-0.3, -0.25) is 4.79 Å². The maximum atomic E-state index is 11.7. The van der Waals surface area contributed by atoms with Gasteiger partial charge in [-0.25, -0.2) is 0 Å². The first-order chi connectivity index (χ1) is 8.27. The van der Waals surface area contributed by atoms with Crippen LogP contribution in [0.5, 0.6) is 0 Å². The highest BCUT2D eigenvalue weighted by Crippen LogP contribution is 2.14. The summed E-state index contributed by atoms with van der Waals surface area (Å²) >= 11 is 1.64. The molecule has 0 saturated carbocycles. The van der Waals surface area contributed by atoms with Crippen molar-refractivity contribution in [2.24, 2.45) is 0 Å². The predicted octanol–water partition coefficient (Wildman–Crippen LogP) is 1.15. The SMILES string of the molecule is CSc1ccc(C(=O)NCCOCCO)cc1. The molecule has 0 atom stereocenters. The molecule has 5 heteroatoms. The second-order valence-electron chi connectivity index (χ2n) is 3.32. The van der Waals surface area contributed by atoms with Crippen molar-refractivity contribution in [1.82, 2.24) is 5.32 Å². The quantitative estimate of drug-likeness (QED) is 0.567. The van der Waals surface area contributed by atoms with Gasteiger partial charge in [0.25, 0.3) is 5.91 Å². The molecule has 0 fully saturated rings. The van der Waals surface area contributed by atoms with Crippen molar-refractivity contribution in [1.29, 1.82) is 0 Å². The molecule has 0 bridgehead atoms. The molecule has 94 valence electrons. The van der Waals surface area contributed by atoms with Gasteiger partial charge in [0.15, 0.2) is 0 Å². The Morgan fingerprint density at radius 2 is 2.06 bits per heavy atom. The van der Waals surface area contributed by atoms with E-state index < -0.39 is 0 Å². The maximum absolute atomic E-state index is 11.7. The largest absolute Gasteiger partial charge is 0.394 e. The molecule has 1 amide bonds. The van der Waals surface area contributed by atoms with E-state index >= 15 is 0 Å². The molecule has 2 N–H and O–H groups in total. The number of benzene rings is 1. The molecule has 4 nitrogen and oxygen atoms in total. The number of hydrogen-bond donors (Lipinski definition) is 2. The number of nitrogens with one attached hydrogen (secondary N) is 1. The topological polar surface area (TPSA) is 58.6 Å². The van der Waals surface area contributed by atoms with Crippen molar-refractivity contribution in [3.8, 4) is 0 Å². The van der Waals surface area contributed by atoms with Crippen LogP contribution in [0.2, 0.25) is 0 Å². The van der Waals surface area contributed by atoms with Crippen LogP contribution in [0.25, 0.3) is 0 Å². The molecule has 0 aromatic heterocycles. The molecule has 1 rings (SSSR count). The van der Waals surface area contributed by atoms with E-state index in [0.29, 0.717) is 25.3 Å². The third kappa shape index (κ3) is 5.21. The minimum Gasteiger partial charge on any atom is -0.394 e. The minimum absolute atomic E-state index is 0.00406. The van der Waals surface area contributed by atoms with Crippen molar-refractivity contribution in [3.63, 3.8) is 0 Å². The Kier molecular flexibility index (Phi) is 6.69. The van der Waals surface area contributed by atoms with Crippen LogP contribution in [0.15, 0.2) is 29.2 Å². The molecule has 0 unspecified atom stereocenters. The van der Waals surface area contributed by atoms with E-state index in [1.54, 1.807) is 23.9 Å². The van der Waals surface area contributed by atoms with Crippen LogP contribution in [0.1, 0.15) is 10.4 Å². The summed E-state index contributed by atoms with van der Waals surface area (Å²) in [5.41, 5.74) is 0.643. The van der Waals surface area contributed by atoms with E-state index in [4.69, 9.17) is 9.84 Å². The molecule has 0 aliphatic rings. The maximum Gasteiger partial charge on any atom is 0.251 e. The van der Waals surface area contributed by atoms with Crippen LogP contribution in [0.4, 0.5) is 0 Å². The smallest absolute Gasteiger partial charge is 0.251 e. The summed E-state index contributed by atoms with van der Waals surface area (Å²) in [6.45, 7) is 1.17. The standard InChI is InChI=1S/C12H17NO3S/c1-17-11-4-2-10(3-5-11)12(15)13-6-8-16-9-7-14/h2-5,14H,6-9H2,1H3,(H,13,15). The molecular formula is C12H17NO3S. The first kappa shape index (κ1) is 14.0. The summed E-state index contributed by atoms with van der Waals surface area (Å²) in [6.07, 6.45) is 1.99. The van der Waals surface area contributed by atoms with E-state index in [1.807, 2.05) is 18.4 Å². The Balaban J connectivity index is 2.31. The molecule has 17 heavy (non-hydrogen) atoms. The second-order valence-corrected chi connectivity index (χ2v) is 4.20. The van der Waals surface area contributed by atoms with Gasteiger partial charge in [0, 0.05) is 17.0 Å². The van der Waals surface area contributed by atoms with Crippen molar-refractivity contribution >= 4 is 17.7 Å². The third-order valence-corrected chi connectivity index (χ3v) is 2.86. The fourth-order valence-corrected chi connectivity index (χ4v) is 1.66. The summed E-state index contributed by atoms with van der Waals surface area (Å²) < 4.78 is 5.04. The van der Waals surface area contributed by atoms with Crippen molar-refractivity contribution in [2.45, 2.75) is 4.90 Å². The lowest BCUT2D eigenvalue weighted by Crippen LogP contribution is -2.27. The van der Waals surface area contributed by atoms with Gasteiger partial charge < -0.3 is 15.2 Å². The monoisotopic (exact) mass is 255 g/mol. The number of aliphatic hydroxyl groups is 1. The molecule has 0 aliphatic carbocycles. The zero-order valence-electron chi connectivity index (χ0n) is 9.81. The van der Waals surface area contributed by atoms with Crippen molar-refractivity contribution < 1.29 is 14.6 Å². The fourth-order valence-electron chi connectivity index (χ4n) is 1.25. The lowest BCUT2D eigenvalue weighted by Gasteiger charge is -2.06. The lowest BCUT2D eigenvalue weighted by atomic mass is 10.2. The van der Waals surface area contributed by atoms with Crippen LogP contribution in [-0.2, 0) is 4.74 Å². The molecule has 0 radical (unpaired) electrons. The average molecular weight is 255 g/mol. The summed E-state index contributed by atoms with van der Waals surface area (Å²) in [6, 6.07) is 7.44. The van der Waals surface area contributed by atoms with E-state index in [-0.39, 0.29) is 12.5 Å². The van der Waals surface area contributed by atoms with Crippen LogP contribution in [-0.4, -0.2) is 43.6 Å². The van der Waals surface area contributed by atoms with E-state index in [2.05, 4.69) is 5.32 Å². The van der Waals surface area contributed by atoms with E-state index in [1.165, 1.54) is 0 Å². The molecule has 0 spiro atoms. The summed E-state index contributed by atoms with van der Waals surface area (Å²) in [5.74, 6) is -0.106. The Morgan fingerprint density at radius 3 is 2.65 bits per heavy atom. The number of carbonyl (C=O) groups is 1. The normalized spacial score (nSPS) is 10.2. The van der Waals surface area contributed by atoms with Crippen LogP contribution >= 0.6 is 11.8 Å². The van der Waals surface area contributed by atoms with Gasteiger partial charge in [-0.05, 0) is 30.5 Å². The van der Waals surface area contributed by atoms with Gasteiger partial charge in [-0.15, -0.1) is 11.8 Å². The number of hydrogen-bond acceptors (Lipinski definition) is 4. The number of ether oxygens (including phenoxy) is 1. The molecule has 0 heterocycles. The Bertz CT molecular complexity index is 340. The van der Waals surface area contributed by atoms with Crippen LogP contribution in [0, 0.1) is 0 Å². The number of amides is 1. The number of aliphatic hydroxyl groups excluding tert-OH is 1. The van der Waals surface area contributed by atoms with Crippen molar-refractivity contribution in [2.75, 3.05) is 32.6 Å². The molecule has 0 saturated heterocycles. The minimum atomic E-state index is -0.106. The molecular weight excluding hydrogens is 238 g/mol. The number of thioether (sulfide) groups is 1. The first-order valence-electron chi connectivity index (χ1n) is 5.38. The summed E-state index contributed by atoms with van der Waals surface area (Å²) in [5, 5.41) is 11.2. The highest BCUT2D eigenvalue weighted by Gasteiger charge is 2.03. The summed E-state index contributed by atoms with van der Waals surface area (Å²) in [7, 11) is 0. The molecule has 0 aliphatic heterocycles. The average Bonchev–Trinajstić information content (AvgIpc) is 2.38. The Morgan fingerprint density at radius 1 is 1.35 bits per heavy atom. The van der Waals surface area contributed by atoms with Crippen molar-refractivity contribution in [3.05, 3.63) is 29.8 Å². The first-order valence-corrected chi connectivity index (χ1v) is 6.61. The zero-order valence-corrected chi connectivity index (χ0v) is 10.6.